The van der Waals surface area contributed by atoms with Crippen LogP contribution in [0.25, 0.3) is 0 Å². The Kier molecular flexibility index (Phi) is 6.08. The molecule has 1 aliphatic heterocycles. The van der Waals surface area contributed by atoms with E-state index in [-0.39, 0.29) is 8.80 Å². The molecule has 1 saturated heterocycles. The smallest absolute Gasteiger partial charge is 0.0479 e. The van der Waals surface area contributed by atoms with E-state index in [9.17, 15) is 0 Å². The summed E-state index contributed by atoms with van der Waals surface area (Å²) in [7, 11) is 0.108. The third-order valence-corrected chi connectivity index (χ3v) is 9.23. The van der Waals surface area contributed by atoms with Gasteiger partial charge in [-0.1, -0.05) is 60.2 Å². The van der Waals surface area contributed by atoms with Crippen LogP contribution in [-0.2, 0) is 0 Å². The molecule has 0 bridgehead atoms. The minimum Gasteiger partial charge on any atom is -0.0925 e. The van der Waals surface area contributed by atoms with Crippen molar-refractivity contribution in [2.75, 3.05) is 5.33 Å². The number of halogens is 1. The van der Waals surface area contributed by atoms with Gasteiger partial charge in [-0.3, -0.25) is 0 Å². The Hall–Kier alpha value is 0.697. The van der Waals surface area contributed by atoms with Gasteiger partial charge in [-0.25, -0.2) is 0 Å². The Morgan fingerprint density at radius 1 is 0.941 bits per heavy atom. The van der Waals surface area contributed by atoms with Gasteiger partial charge < -0.3 is 0 Å². The van der Waals surface area contributed by atoms with Crippen LogP contribution in [0.15, 0.2) is 0 Å². The van der Waals surface area contributed by atoms with E-state index in [4.69, 9.17) is 0 Å². The fourth-order valence-electron chi connectivity index (χ4n) is 3.94. The number of hydrogen-bond donors (Lipinski definition) is 0. The van der Waals surface area contributed by atoms with Gasteiger partial charge in [0.1, 0.15) is 0 Å². The Labute approximate surface area is 118 Å². The lowest BCUT2D eigenvalue weighted by Crippen LogP contribution is -2.28. The van der Waals surface area contributed by atoms with Crippen molar-refractivity contribution in [1.29, 1.82) is 0 Å². The number of rotatable bonds is 4. The fraction of sp³-hybridized carbons (Fsp3) is 1.00. The van der Waals surface area contributed by atoms with Gasteiger partial charge in [-0.2, -0.15) is 0 Å². The van der Waals surface area contributed by atoms with Crippen molar-refractivity contribution in [3.05, 3.63) is 0 Å². The lowest BCUT2D eigenvalue weighted by atomic mass is 9.74. The molecule has 2 aliphatic rings. The van der Waals surface area contributed by atoms with Gasteiger partial charge in [0.2, 0.25) is 0 Å². The highest BCUT2D eigenvalue weighted by molar-refractivity contribution is 9.09. The topological polar surface area (TPSA) is 0 Å². The molecule has 0 aromatic carbocycles. The third-order valence-electron chi connectivity index (χ3n) is 5.12. The third kappa shape index (κ3) is 4.09. The van der Waals surface area contributed by atoms with Crippen molar-refractivity contribution >= 4 is 24.7 Å². The fourth-order valence-corrected chi connectivity index (χ4v) is 7.60. The number of alkyl halides is 1. The zero-order valence-corrected chi connectivity index (χ0v) is 14.0. The average molecular weight is 316 g/mol. The largest absolute Gasteiger partial charge is 0.0925 e. The van der Waals surface area contributed by atoms with Crippen LogP contribution in [0, 0.1) is 17.8 Å². The molecule has 0 aromatic heterocycles. The van der Waals surface area contributed by atoms with E-state index in [0.29, 0.717) is 0 Å². The molecular formula is C15H28BrSi. The molecular weight excluding hydrogens is 288 g/mol. The summed E-state index contributed by atoms with van der Waals surface area (Å²) in [6.07, 6.45) is 10.7. The van der Waals surface area contributed by atoms with Gasteiger partial charge in [0.25, 0.3) is 0 Å². The first-order chi connectivity index (χ1) is 8.33. The van der Waals surface area contributed by atoms with Crippen molar-refractivity contribution in [1.82, 2.24) is 0 Å². The van der Waals surface area contributed by atoms with E-state index in [2.05, 4.69) is 22.9 Å². The summed E-state index contributed by atoms with van der Waals surface area (Å²) in [6, 6.07) is 4.87. The van der Waals surface area contributed by atoms with Crippen LogP contribution in [0.4, 0.5) is 0 Å². The summed E-state index contributed by atoms with van der Waals surface area (Å²) < 4.78 is 0. The van der Waals surface area contributed by atoms with Crippen molar-refractivity contribution in [3.63, 3.8) is 0 Å². The van der Waals surface area contributed by atoms with E-state index < -0.39 is 0 Å². The second-order valence-electron chi connectivity index (χ2n) is 6.27. The van der Waals surface area contributed by atoms with Crippen LogP contribution >= 0.6 is 15.9 Å². The van der Waals surface area contributed by atoms with Crippen LogP contribution in [0.5, 0.6) is 0 Å². The zero-order valence-electron chi connectivity index (χ0n) is 11.4. The van der Waals surface area contributed by atoms with Gasteiger partial charge in [0, 0.05) is 14.1 Å². The monoisotopic (exact) mass is 315 g/mol. The predicted molar refractivity (Wildman–Crippen MR) is 82.4 cm³/mol. The van der Waals surface area contributed by atoms with Gasteiger partial charge in [-0.15, -0.1) is 0 Å². The summed E-state index contributed by atoms with van der Waals surface area (Å²) in [5, 5.41) is 1.24. The summed E-state index contributed by atoms with van der Waals surface area (Å²) in [5.74, 6) is 3.22. The maximum absolute atomic E-state index is 3.66. The second kappa shape index (κ2) is 7.33. The van der Waals surface area contributed by atoms with E-state index in [1.807, 2.05) is 0 Å². The van der Waals surface area contributed by atoms with Gasteiger partial charge in [0.15, 0.2) is 0 Å². The van der Waals surface area contributed by atoms with Crippen LogP contribution in [0.1, 0.15) is 51.9 Å². The Morgan fingerprint density at radius 3 is 2.06 bits per heavy atom. The van der Waals surface area contributed by atoms with E-state index in [1.165, 1.54) is 37.4 Å². The van der Waals surface area contributed by atoms with Crippen molar-refractivity contribution in [2.24, 2.45) is 17.8 Å². The first-order valence-electron chi connectivity index (χ1n) is 7.73. The quantitative estimate of drug-likeness (QED) is 0.474. The average Bonchev–Trinajstić information content (AvgIpc) is 2.40. The minimum absolute atomic E-state index is 0.108. The molecule has 0 aromatic rings. The van der Waals surface area contributed by atoms with Crippen LogP contribution in [-0.4, -0.2) is 14.1 Å². The first kappa shape index (κ1) is 14.1. The maximum atomic E-state index is 3.66. The standard InChI is InChI=1S/C15H28BrSi/c1-2-9-17-10-7-15(8-11-17)14-5-3-13(12-16)4-6-14/h13-15H,2-12H2,1H3. The molecule has 1 aliphatic carbocycles. The molecule has 1 heterocycles. The van der Waals surface area contributed by atoms with E-state index >= 15 is 0 Å². The Bertz CT molecular complexity index is 203. The van der Waals surface area contributed by atoms with Crippen LogP contribution in [0.2, 0.25) is 18.1 Å². The highest BCUT2D eigenvalue weighted by atomic mass is 79.9. The lowest BCUT2D eigenvalue weighted by Gasteiger charge is -2.37. The molecule has 2 heteroatoms. The van der Waals surface area contributed by atoms with Crippen LogP contribution < -0.4 is 0 Å². The van der Waals surface area contributed by atoms with E-state index in [1.54, 1.807) is 31.0 Å². The van der Waals surface area contributed by atoms with Crippen molar-refractivity contribution in [2.45, 2.75) is 70.0 Å². The van der Waals surface area contributed by atoms with Gasteiger partial charge in [0.05, 0.1) is 0 Å². The predicted octanol–water partition coefficient (Wildman–Crippen LogP) is 5.50. The molecule has 17 heavy (non-hydrogen) atoms. The highest BCUT2D eigenvalue weighted by Gasteiger charge is 2.30. The summed E-state index contributed by atoms with van der Waals surface area (Å²) in [4.78, 5) is 0. The molecule has 0 N–H and O–H groups in total. The van der Waals surface area contributed by atoms with Gasteiger partial charge >= 0.3 is 0 Å². The van der Waals surface area contributed by atoms with E-state index in [0.717, 1.165) is 17.8 Å². The minimum atomic E-state index is 0.108. The molecule has 1 radical (unpaired) electrons. The summed E-state index contributed by atoms with van der Waals surface area (Å²) >= 11 is 3.66. The molecule has 1 saturated carbocycles. The first-order valence-corrected chi connectivity index (χ1v) is 11.0. The van der Waals surface area contributed by atoms with Crippen molar-refractivity contribution < 1.29 is 0 Å². The Morgan fingerprint density at radius 2 is 1.53 bits per heavy atom. The molecule has 0 atom stereocenters. The zero-order chi connectivity index (χ0) is 12.1. The molecule has 99 valence electrons. The highest BCUT2D eigenvalue weighted by Crippen LogP contribution is 2.41. The second-order valence-corrected chi connectivity index (χ2v) is 9.92. The maximum Gasteiger partial charge on any atom is 0.0479 e. The SMILES string of the molecule is CCC[Si]1CCC(C2CCC(CBr)CC2)CC1. The molecule has 0 nitrogen and oxygen atoms in total. The van der Waals surface area contributed by atoms with Gasteiger partial charge in [-0.05, 0) is 43.4 Å². The van der Waals surface area contributed by atoms with Crippen LogP contribution in [0.3, 0.4) is 0 Å². The lowest BCUT2D eigenvalue weighted by molar-refractivity contribution is 0.201. The molecule has 2 fully saturated rings. The molecule has 0 spiro atoms. The summed E-state index contributed by atoms with van der Waals surface area (Å²) in [6.45, 7) is 2.37. The molecule has 2 rings (SSSR count). The normalized spacial score (nSPS) is 32.8. The molecule has 0 unspecified atom stereocenters. The summed E-state index contributed by atoms with van der Waals surface area (Å²) in [5.41, 5.74) is 0. The van der Waals surface area contributed by atoms with Crippen molar-refractivity contribution in [3.8, 4) is 0 Å². The molecule has 0 amide bonds. The Balaban J connectivity index is 1.70. The number of hydrogen-bond acceptors (Lipinski definition) is 0.